The lowest BCUT2D eigenvalue weighted by Gasteiger charge is -2.08. The fourth-order valence-corrected chi connectivity index (χ4v) is 1.97. The third kappa shape index (κ3) is 2.33. The molecule has 2 heterocycles. The van der Waals surface area contributed by atoms with Gasteiger partial charge in [-0.25, -0.2) is 4.39 Å². The van der Waals surface area contributed by atoms with Crippen LogP contribution < -0.4 is 5.32 Å². The van der Waals surface area contributed by atoms with Gasteiger partial charge < -0.3 is 5.32 Å². The summed E-state index contributed by atoms with van der Waals surface area (Å²) < 4.78 is 13.6. The van der Waals surface area contributed by atoms with E-state index in [1.165, 1.54) is 18.3 Å². The Bertz CT molecular complexity index is 774. The molecular weight excluding hydrogens is 257 g/mol. The third-order valence-electron chi connectivity index (χ3n) is 2.89. The highest BCUT2D eigenvalue weighted by atomic mass is 19.1. The topological polar surface area (TPSA) is 54.9 Å². The van der Waals surface area contributed by atoms with Crippen molar-refractivity contribution in [2.45, 2.75) is 0 Å². The Labute approximate surface area is 114 Å². The highest BCUT2D eigenvalue weighted by Gasteiger charge is 2.09. The van der Waals surface area contributed by atoms with Crippen molar-refractivity contribution in [2.75, 3.05) is 5.32 Å². The largest absolute Gasteiger partial charge is 0.321 e. The smallest absolute Gasteiger partial charge is 0.257 e. The number of rotatable bonds is 2. The van der Waals surface area contributed by atoms with Crippen LogP contribution in [0.15, 0.2) is 55.1 Å². The number of hydrogen-bond acceptors (Lipinski definition) is 3. The van der Waals surface area contributed by atoms with Gasteiger partial charge in [0, 0.05) is 35.6 Å². The summed E-state index contributed by atoms with van der Waals surface area (Å²) in [5.41, 5.74) is 0.829. The fourth-order valence-electron chi connectivity index (χ4n) is 1.97. The molecule has 0 unspecified atom stereocenters. The summed E-state index contributed by atoms with van der Waals surface area (Å²) in [7, 11) is 0. The molecule has 20 heavy (non-hydrogen) atoms. The number of halogens is 1. The van der Waals surface area contributed by atoms with Crippen molar-refractivity contribution in [2.24, 2.45) is 0 Å². The van der Waals surface area contributed by atoms with Crippen LogP contribution in [0.25, 0.3) is 10.8 Å². The number of benzene rings is 1. The van der Waals surface area contributed by atoms with Crippen molar-refractivity contribution in [3.63, 3.8) is 0 Å². The Hall–Kier alpha value is -2.82. The van der Waals surface area contributed by atoms with Crippen LogP contribution in [-0.4, -0.2) is 15.9 Å². The van der Waals surface area contributed by atoms with Crippen LogP contribution in [0.5, 0.6) is 0 Å². The van der Waals surface area contributed by atoms with Crippen LogP contribution in [0.3, 0.4) is 0 Å². The molecule has 3 rings (SSSR count). The van der Waals surface area contributed by atoms with E-state index in [2.05, 4.69) is 15.3 Å². The molecular formula is C15H10FN3O. The van der Waals surface area contributed by atoms with Gasteiger partial charge in [0.25, 0.3) is 5.91 Å². The van der Waals surface area contributed by atoms with Crippen LogP contribution in [0.2, 0.25) is 0 Å². The van der Waals surface area contributed by atoms with Gasteiger partial charge in [0.1, 0.15) is 5.82 Å². The third-order valence-corrected chi connectivity index (χ3v) is 2.89. The number of nitrogens with zero attached hydrogens (tertiary/aromatic N) is 2. The molecule has 1 aromatic carbocycles. The van der Waals surface area contributed by atoms with Crippen LogP contribution in [0.4, 0.5) is 10.1 Å². The second kappa shape index (κ2) is 5.05. The normalized spacial score (nSPS) is 10.4. The lowest BCUT2D eigenvalue weighted by atomic mass is 10.1. The Morgan fingerprint density at radius 2 is 1.95 bits per heavy atom. The SMILES string of the molecule is O=C(Nc1cc(F)cc2cnccc12)c1cccnc1. The average Bonchev–Trinajstić information content (AvgIpc) is 2.48. The first-order valence-corrected chi connectivity index (χ1v) is 5.99. The molecule has 0 aliphatic rings. The van der Waals surface area contributed by atoms with Crippen molar-refractivity contribution >= 4 is 22.4 Å². The van der Waals surface area contributed by atoms with E-state index in [0.29, 0.717) is 16.6 Å². The van der Waals surface area contributed by atoms with Crippen LogP contribution >= 0.6 is 0 Å². The molecule has 0 aliphatic carbocycles. The predicted octanol–water partition coefficient (Wildman–Crippen LogP) is 3.02. The Morgan fingerprint density at radius 3 is 2.75 bits per heavy atom. The second-order valence-corrected chi connectivity index (χ2v) is 4.25. The molecule has 98 valence electrons. The number of anilines is 1. The van der Waals surface area contributed by atoms with Crippen molar-refractivity contribution in [3.05, 3.63) is 66.5 Å². The maximum absolute atomic E-state index is 13.6. The number of amides is 1. The summed E-state index contributed by atoms with van der Waals surface area (Å²) in [5, 5.41) is 4.06. The quantitative estimate of drug-likeness (QED) is 0.776. The maximum atomic E-state index is 13.6. The maximum Gasteiger partial charge on any atom is 0.257 e. The summed E-state index contributed by atoms with van der Waals surface area (Å²) in [5.74, 6) is -0.756. The van der Waals surface area contributed by atoms with Gasteiger partial charge >= 0.3 is 0 Å². The monoisotopic (exact) mass is 267 g/mol. The standard InChI is InChI=1S/C15H10FN3O/c16-12-6-11-9-18-5-3-13(11)14(7-12)19-15(20)10-2-1-4-17-8-10/h1-9H,(H,19,20). The molecule has 0 saturated heterocycles. The van der Waals surface area contributed by atoms with Gasteiger partial charge in [-0.1, -0.05) is 0 Å². The lowest BCUT2D eigenvalue weighted by Crippen LogP contribution is -2.12. The van der Waals surface area contributed by atoms with Gasteiger partial charge in [-0.05, 0) is 30.3 Å². The van der Waals surface area contributed by atoms with Gasteiger partial charge in [-0.15, -0.1) is 0 Å². The lowest BCUT2D eigenvalue weighted by molar-refractivity contribution is 0.102. The zero-order chi connectivity index (χ0) is 13.9. The van der Waals surface area contributed by atoms with Gasteiger partial charge in [0.2, 0.25) is 0 Å². The number of nitrogens with one attached hydrogen (secondary N) is 1. The van der Waals surface area contributed by atoms with E-state index < -0.39 is 5.82 Å². The molecule has 0 aliphatic heterocycles. The number of fused-ring (bicyclic) bond motifs is 1. The summed E-state index contributed by atoms with van der Waals surface area (Å²) in [4.78, 5) is 19.9. The van der Waals surface area contributed by atoms with Crippen molar-refractivity contribution < 1.29 is 9.18 Å². The minimum absolute atomic E-state index is 0.332. The first-order valence-electron chi connectivity index (χ1n) is 5.99. The first-order chi connectivity index (χ1) is 9.74. The van der Waals surface area contributed by atoms with E-state index in [0.717, 1.165) is 5.39 Å². The van der Waals surface area contributed by atoms with Crippen LogP contribution in [-0.2, 0) is 0 Å². The van der Waals surface area contributed by atoms with Gasteiger partial charge in [0.05, 0.1) is 11.3 Å². The molecule has 3 aromatic rings. The molecule has 1 amide bonds. The summed E-state index contributed by atoms with van der Waals surface area (Å²) in [6.07, 6.45) is 6.19. The van der Waals surface area contributed by atoms with Crippen molar-refractivity contribution in [1.29, 1.82) is 0 Å². The van der Waals surface area contributed by atoms with E-state index in [4.69, 9.17) is 0 Å². The first kappa shape index (κ1) is 12.2. The predicted molar refractivity (Wildman–Crippen MR) is 73.9 cm³/mol. The zero-order valence-corrected chi connectivity index (χ0v) is 10.4. The van der Waals surface area contributed by atoms with E-state index >= 15 is 0 Å². The summed E-state index contributed by atoms with van der Waals surface area (Å²) in [6, 6.07) is 7.71. The van der Waals surface area contributed by atoms with E-state index in [1.807, 2.05) is 0 Å². The second-order valence-electron chi connectivity index (χ2n) is 4.25. The Kier molecular flexibility index (Phi) is 3.09. The Morgan fingerprint density at radius 1 is 1.10 bits per heavy atom. The highest BCUT2D eigenvalue weighted by Crippen LogP contribution is 2.24. The Balaban J connectivity index is 2.01. The average molecular weight is 267 g/mol. The van der Waals surface area contributed by atoms with E-state index in [1.54, 1.807) is 36.8 Å². The van der Waals surface area contributed by atoms with E-state index in [-0.39, 0.29) is 5.91 Å². The molecule has 0 fully saturated rings. The molecule has 0 spiro atoms. The highest BCUT2D eigenvalue weighted by molar-refractivity contribution is 6.08. The fraction of sp³-hybridized carbons (Fsp3) is 0. The number of carbonyl (C=O) groups is 1. The number of pyridine rings is 2. The van der Waals surface area contributed by atoms with E-state index in [9.17, 15) is 9.18 Å². The van der Waals surface area contributed by atoms with Crippen LogP contribution in [0.1, 0.15) is 10.4 Å². The summed E-state index contributed by atoms with van der Waals surface area (Å²) in [6.45, 7) is 0. The zero-order valence-electron chi connectivity index (χ0n) is 10.4. The number of carbonyl (C=O) groups excluding carboxylic acids is 1. The van der Waals surface area contributed by atoms with Gasteiger partial charge in [-0.3, -0.25) is 14.8 Å². The van der Waals surface area contributed by atoms with Crippen molar-refractivity contribution in [3.8, 4) is 0 Å². The molecule has 0 bridgehead atoms. The molecule has 4 nitrogen and oxygen atoms in total. The molecule has 5 heteroatoms. The van der Waals surface area contributed by atoms with Gasteiger partial charge in [0.15, 0.2) is 0 Å². The minimum Gasteiger partial charge on any atom is -0.321 e. The number of hydrogen-bond donors (Lipinski definition) is 1. The van der Waals surface area contributed by atoms with Crippen molar-refractivity contribution in [1.82, 2.24) is 9.97 Å². The number of aromatic nitrogens is 2. The van der Waals surface area contributed by atoms with Gasteiger partial charge in [-0.2, -0.15) is 0 Å². The molecule has 0 atom stereocenters. The summed E-state index contributed by atoms with van der Waals surface area (Å²) >= 11 is 0. The molecule has 1 N–H and O–H groups in total. The molecule has 0 saturated carbocycles. The minimum atomic E-state index is -0.424. The van der Waals surface area contributed by atoms with Crippen LogP contribution in [0, 0.1) is 5.82 Å². The molecule has 2 aromatic heterocycles. The molecule has 0 radical (unpaired) electrons.